The molecule has 0 unspecified atom stereocenters. The number of aliphatic hydroxyl groups excluding tert-OH is 2. The Bertz CT molecular complexity index is 3380. The Kier molecular flexibility index (Phi) is 16.3. The van der Waals surface area contributed by atoms with E-state index in [1.165, 1.54) is 19.2 Å². The van der Waals surface area contributed by atoms with Crippen LogP contribution in [0.2, 0.25) is 5.02 Å². The summed E-state index contributed by atoms with van der Waals surface area (Å²) in [6.45, 7) is 3.65. The Balaban J connectivity index is 1.36. The van der Waals surface area contributed by atoms with Gasteiger partial charge in [-0.2, -0.15) is 0 Å². The quantitative estimate of drug-likeness (QED) is 0.105. The lowest BCUT2D eigenvalue weighted by molar-refractivity contribution is -0.143. The molecule has 0 saturated heterocycles. The van der Waals surface area contributed by atoms with Crippen LogP contribution < -0.4 is 52.4 Å². The first-order valence-corrected chi connectivity index (χ1v) is 24.8. The number of fused-ring (bicyclic) bond motifs is 15. The second-order valence-corrected chi connectivity index (χ2v) is 19.8. The van der Waals surface area contributed by atoms with E-state index in [9.17, 15) is 74.4 Å². The van der Waals surface area contributed by atoms with E-state index < -0.39 is 171 Å². The number of phenolic OH excluding ortho intramolecular Hbond substituents is 5. The van der Waals surface area contributed by atoms with Crippen molar-refractivity contribution in [3.8, 4) is 62.9 Å². The van der Waals surface area contributed by atoms with Gasteiger partial charge in [0.25, 0.3) is 0 Å². The molecule has 0 saturated carbocycles. The third kappa shape index (κ3) is 11.7. The van der Waals surface area contributed by atoms with Crippen LogP contribution in [-0.2, 0) is 38.4 Å². The number of aliphatic hydroxyl groups is 2. The maximum absolute atomic E-state index is 15.3. The number of rotatable bonds is 8. The molecule has 17 N–H and O–H groups in total. The fraction of sp³-hybridized carbons (Fsp3) is 0.283. The molecule has 7 amide bonds. The molecule has 27 heteroatoms. The molecule has 5 aromatic rings. The summed E-state index contributed by atoms with van der Waals surface area (Å²) in [5.41, 5.74) is 3.09. The molecule has 9 atom stereocenters. The summed E-state index contributed by atoms with van der Waals surface area (Å²) >= 11 is 6.72. The van der Waals surface area contributed by atoms with Crippen molar-refractivity contribution in [2.75, 3.05) is 7.05 Å². The minimum Gasteiger partial charge on any atom is -0.508 e. The summed E-state index contributed by atoms with van der Waals surface area (Å²) in [5.74, 6) is -16.3. The highest BCUT2D eigenvalue weighted by atomic mass is 35.5. The molecule has 0 aromatic heterocycles. The van der Waals surface area contributed by atoms with Gasteiger partial charge in [-0.25, -0.2) is 4.79 Å². The van der Waals surface area contributed by atoms with Crippen LogP contribution in [0.3, 0.4) is 0 Å². The van der Waals surface area contributed by atoms with Gasteiger partial charge in [-0.1, -0.05) is 43.6 Å². The van der Waals surface area contributed by atoms with Gasteiger partial charge in [0.1, 0.15) is 65.4 Å². The predicted molar refractivity (Wildman–Crippen MR) is 277 cm³/mol. The summed E-state index contributed by atoms with van der Waals surface area (Å²) in [5, 5.41) is 107. The molecule has 0 radical (unpaired) electrons. The van der Waals surface area contributed by atoms with Crippen LogP contribution in [0, 0.1) is 5.92 Å². The Labute approximate surface area is 457 Å². The molecule has 26 nitrogen and oxygen atoms in total. The first kappa shape index (κ1) is 56.8. The second-order valence-electron chi connectivity index (χ2n) is 19.4. The number of nitrogens with two attached hydrogens (primary N) is 1. The number of amides is 7. The molecule has 80 heavy (non-hydrogen) atoms. The molecular weight excluding hydrogens is 1070 g/mol. The van der Waals surface area contributed by atoms with Gasteiger partial charge < -0.3 is 93.3 Å². The molecule has 5 heterocycles. The Hall–Kier alpha value is -9.37. The van der Waals surface area contributed by atoms with Gasteiger partial charge in [0.05, 0.1) is 17.5 Å². The minimum absolute atomic E-state index is 0.0506. The zero-order chi connectivity index (χ0) is 58.2. The van der Waals surface area contributed by atoms with Gasteiger partial charge in [-0.05, 0) is 96.2 Å². The van der Waals surface area contributed by atoms with Crippen molar-refractivity contribution in [2.24, 2.45) is 11.7 Å². The van der Waals surface area contributed by atoms with E-state index in [2.05, 4.69) is 37.2 Å². The number of carbonyl (C=O) groups is 8. The number of hydrogen-bond donors (Lipinski definition) is 16. The summed E-state index contributed by atoms with van der Waals surface area (Å²) in [7, 11) is 1.48. The van der Waals surface area contributed by atoms with Gasteiger partial charge in [0.15, 0.2) is 29.0 Å². The fourth-order valence-corrected chi connectivity index (χ4v) is 9.59. The van der Waals surface area contributed by atoms with E-state index in [0.717, 1.165) is 66.7 Å². The summed E-state index contributed by atoms with van der Waals surface area (Å²) in [6, 6.07) is -0.164. The Morgan fingerprint density at radius 2 is 1.26 bits per heavy atom. The zero-order valence-corrected chi connectivity index (χ0v) is 43.1. The van der Waals surface area contributed by atoms with Crippen molar-refractivity contribution in [1.29, 1.82) is 0 Å². The minimum atomic E-state index is -2.20. The number of benzene rings is 5. The zero-order valence-electron chi connectivity index (χ0n) is 42.3. The number of primary amides is 1. The van der Waals surface area contributed by atoms with Crippen LogP contribution in [-0.4, -0.2) is 119 Å². The predicted octanol–water partition coefficient (Wildman–Crippen LogP) is 1.45. The lowest BCUT2D eigenvalue weighted by Crippen LogP contribution is -2.59. The van der Waals surface area contributed by atoms with E-state index in [4.69, 9.17) is 26.8 Å². The van der Waals surface area contributed by atoms with Crippen LogP contribution in [0.25, 0.3) is 11.1 Å². The van der Waals surface area contributed by atoms with Gasteiger partial charge in [0.2, 0.25) is 47.1 Å². The standard InChI is InChI=1S/C53H53ClN8O18/c1-19(2)10-28(56-3)47(71)61-42-45(69)22-6-9-34(31(65)13-22)80-36-15-23-14-35(46(36)70)79-33-8-5-21(12-27(33)54)44(68)43-52(76)60-41(53(77)78)26-16-24(63)17-32(66)38(26)25-11-20(4-7-30(25)64)39(49(73)62-43)59-50(74)40(23)58-48(72)29(18-37(55)67)57-51(42)75/h4-9,11-17,19,28-29,39-45,56,63-66,68-70H,10,18H2,1-3H3,(H2,55,67)(H,57,75)(H,58,72)(H,59,74)(H,60,76)(H,61,71)(H,62,73)(H,77,78)/t28-,29+,39-,40-,41+,42-,43+,44-,45-/m1/s1. The van der Waals surface area contributed by atoms with E-state index in [1.54, 1.807) is 0 Å². The van der Waals surface area contributed by atoms with Crippen molar-refractivity contribution < 1.29 is 88.7 Å². The number of carboxylic acids is 1. The average molecular weight is 1130 g/mol. The topological polar surface area (TPSA) is 427 Å². The molecule has 0 fully saturated rings. The number of nitrogens with one attached hydrogen (secondary N) is 7. The molecule has 5 aliphatic heterocycles. The number of aromatic hydroxyl groups is 5. The first-order valence-electron chi connectivity index (χ1n) is 24.4. The molecule has 10 rings (SSSR count). The van der Waals surface area contributed by atoms with E-state index in [-0.39, 0.29) is 45.4 Å². The lowest BCUT2D eigenvalue weighted by atomic mass is 9.89. The fourth-order valence-electron chi connectivity index (χ4n) is 9.36. The lowest BCUT2D eigenvalue weighted by Gasteiger charge is -2.31. The number of carboxylic acid groups (broad SMARTS) is 1. The highest BCUT2D eigenvalue weighted by Gasteiger charge is 2.41. The molecule has 420 valence electrons. The van der Waals surface area contributed by atoms with Crippen LogP contribution in [0.15, 0.2) is 78.9 Å². The van der Waals surface area contributed by atoms with E-state index in [0.29, 0.717) is 0 Å². The maximum Gasteiger partial charge on any atom is 0.330 e. The first-order chi connectivity index (χ1) is 37.8. The highest BCUT2D eigenvalue weighted by molar-refractivity contribution is 6.32. The normalized spacial score (nSPS) is 22.4. The summed E-state index contributed by atoms with van der Waals surface area (Å²) in [4.78, 5) is 113. The second kappa shape index (κ2) is 22.9. The van der Waals surface area contributed by atoms with Gasteiger partial charge in [0, 0.05) is 22.8 Å². The summed E-state index contributed by atoms with van der Waals surface area (Å²) < 4.78 is 12.1. The van der Waals surface area contributed by atoms with Crippen molar-refractivity contribution in [3.05, 3.63) is 112 Å². The monoisotopic (exact) mass is 1120 g/mol. The van der Waals surface area contributed by atoms with Crippen molar-refractivity contribution in [1.82, 2.24) is 37.2 Å². The van der Waals surface area contributed by atoms with Crippen LogP contribution in [0.1, 0.15) is 84.8 Å². The molecule has 5 aromatic carbocycles. The number of hydrogen-bond acceptors (Lipinski definition) is 18. The molecule has 0 aliphatic carbocycles. The SMILES string of the molecule is CN[C@H](CC(C)C)C(=O)N[C@H]1C(=O)N[C@@H](CC(N)=O)C(=O)N[C@H]2C(=O)N[C@H]3C(=O)N[C@H](C(=O)N[C@H](C(=O)O)c4cc(O)cc(O)c4-c4cc3ccc4O)[C@H](O)c3ccc(c(Cl)c3)Oc3cc2cc(c3O)Oc2ccc(cc2O)[C@H]1O. The van der Waals surface area contributed by atoms with Crippen molar-refractivity contribution in [3.63, 3.8) is 0 Å². The molecule has 5 aliphatic rings. The largest absolute Gasteiger partial charge is 0.508 e. The molecule has 11 bridgehead atoms. The molecule has 0 spiro atoms. The third-order valence-electron chi connectivity index (χ3n) is 13.4. The van der Waals surface area contributed by atoms with Crippen LogP contribution in [0.5, 0.6) is 51.7 Å². The number of ether oxygens (including phenoxy) is 2. The van der Waals surface area contributed by atoms with Gasteiger partial charge in [-0.15, -0.1) is 0 Å². The van der Waals surface area contributed by atoms with Gasteiger partial charge >= 0.3 is 5.97 Å². The average Bonchev–Trinajstić information content (AvgIpc) is 3.39. The van der Waals surface area contributed by atoms with Crippen molar-refractivity contribution >= 4 is 58.9 Å². The third-order valence-corrected chi connectivity index (χ3v) is 13.7. The smallest absolute Gasteiger partial charge is 0.330 e. The van der Waals surface area contributed by atoms with E-state index in [1.807, 2.05) is 13.8 Å². The van der Waals surface area contributed by atoms with Crippen LogP contribution in [0.4, 0.5) is 0 Å². The molecular formula is C53H53ClN8O18. The van der Waals surface area contributed by atoms with Gasteiger partial charge in [-0.3, -0.25) is 33.6 Å². The van der Waals surface area contributed by atoms with Crippen LogP contribution >= 0.6 is 11.6 Å². The van der Waals surface area contributed by atoms with Crippen molar-refractivity contribution in [2.45, 2.75) is 81.2 Å². The van der Waals surface area contributed by atoms with E-state index >= 15 is 4.79 Å². The number of aliphatic carboxylic acids is 1. The highest BCUT2D eigenvalue weighted by Crippen LogP contribution is 2.48. The number of carbonyl (C=O) groups excluding carboxylic acids is 7. The number of halogens is 1. The summed E-state index contributed by atoms with van der Waals surface area (Å²) in [6.07, 6.45) is -4.89. The number of phenols is 5. The maximum atomic E-state index is 15.3. The Morgan fingerprint density at radius 3 is 1.89 bits per heavy atom. The number of likely N-dealkylation sites (N-methyl/N-ethyl adjacent to an activating group) is 1. The Morgan fingerprint density at radius 1 is 0.650 bits per heavy atom.